The first-order valence-corrected chi connectivity index (χ1v) is 13.1. The van der Waals surface area contributed by atoms with Crippen LogP contribution in [0.25, 0.3) is 0 Å². The molecule has 0 spiro atoms. The van der Waals surface area contributed by atoms with E-state index < -0.39 is 34.4 Å². The number of aryl methyl sites for hydroxylation is 2. The van der Waals surface area contributed by atoms with E-state index in [2.05, 4.69) is 5.32 Å². The van der Waals surface area contributed by atoms with Gasteiger partial charge in [0.25, 0.3) is 5.91 Å². The van der Waals surface area contributed by atoms with Crippen molar-refractivity contribution in [2.45, 2.75) is 65.2 Å². The standard InChI is InChI=1S/C24H36N2O7S/c1-6-32-22(28)8-7-11-25-21(27)15-33-24(29)20-9-12-26(13-10-20)34(30,31)23-18(4)16(2)14-17(3)19(23)5/h14,20H,6-13,15H2,1-5H3,(H,25,27). The van der Waals surface area contributed by atoms with Crippen LogP contribution in [-0.4, -0.2) is 63.4 Å². The predicted octanol–water partition coefficient (Wildman–Crippen LogP) is 2.32. The average molecular weight is 497 g/mol. The van der Waals surface area contributed by atoms with Gasteiger partial charge < -0.3 is 14.8 Å². The van der Waals surface area contributed by atoms with Gasteiger partial charge in [-0.05, 0) is 76.1 Å². The van der Waals surface area contributed by atoms with Crippen LogP contribution in [0.1, 0.15) is 54.9 Å². The fraction of sp³-hybridized carbons (Fsp3) is 0.625. The van der Waals surface area contributed by atoms with E-state index in [0.717, 1.165) is 22.3 Å². The number of ether oxygens (including phenoxy) is 2. The Hall–Kier alpha value is -2.46. The smallest absolute Gasteiger partial charge is 0.309 e. The Balaban J connectivity index is 1.83. The highest BCUT2D eigenvalue weighted by molar-refractivity contribution is 7.89. The number of nitrogens with one attached hydrogen (secondary N) is 1. The fourth-order valence-electron chi connectivity index (χ4n) is 4.03. The minimum absolute atomic E-state index is 0.205. The molecule has 10 heteroatoms. The van der Waals surface area contributed by atoms with E-state index in [4.69, 9.17) is 9.47 Å². The molecule has 0 unspecified atom stereocenters. The molecule has 0 bridgehead atoms. The molecule has 1 aromatic rings. The SMILES string of the molecule is CCOC(=O)CCCNC(=O)COC(=O)C1CCN(S(=O)(=O)c2c(C)c(C)cc(C)c2C)CC1. The number of benzene rings is 1. The number of sulfonamides is 1. The lowest BCUT2D eigenvalue weighted by molar-refractivity contribution is -0.153. The van der Waals surface area contributed by atoms with Crippen LogP contribution in [-0.2, 0) is 33.9 Å². The number of esters is 2. The van der Waals surface area contributed by atoms with Gasteiger partial charge in [0.1, 0.15) is 0 Å². The fourth-order valence-corrected chi connectivity index (χ4v) is 6.07. The van der Waals surface area contributed by atoms with Crippen LogP contribution in [0.15, 0.2) is 11.0 Å². The third kappa shape index (κ3) is 7.02. The maximum Gasteiger partial charge on any atom is 0.309 e. The van der Waals surface area contributed by atoms with Crippen LogP contribution in [0.4, 0.5) is 0 Å². The molecule has 0 aromatic heterocycles. The minimum Gasteiger partial charge on any atom is -0.466 e. The first-order valence-electron chi connectivity index (χ1n) is 11.7. The van der Waals surface area contributed by atoms with Crippen LogP contribution < -0.4 is 5.32 Å². The van der Waals surface area contributed by atoms with Crippen molar-refractivity contribution in [3.63, 3.8) is 0 Å². The molecule has 1 amide bonds. The van der Waals surface area contributed by atoms with Gasteiger partial charge in [0, 0.05) is 26.1 Å². The highest BCUT2D eigenvalue weighted by Crippen LogP contribution is 2.31. The zero-order valence-electron chi connectivity index (χ0n) is 20.7. The molecule has 1 aliphatic rings. The normalized spacial score (nSPS) is 15.1. The quantitative estimate of drug-likeness (QED) is 0.390. The number of carbonyl (C=O) groups is 3. The summed E-state index contributed by atoms with van der Waals surface area (Å²) in [7, 11) is -3.68. The van der Waals surface area contributed by atoms with Crippen molar-refractivity contribution in [1.82, 2.24) is 9.62 Å². The Morgan fingerprint density at radius 1 is 1.03 bits per heavy atom. The summed E-state index contributed by atoms with van der Waals surface area (Å²) in [4.78, 5) is 35.9. The molecule has 0 atom stereocenters. The van der Waals surface area contributed by atoms with Crippen molar-refractivity contribution >= 4 is 27.9 Å². The largest absolute Gasteiger partial charge is 0.466 e. The van der Waals surface area contributed by atoms with Gasteiger partial charge in [-0.3, -0.25) is 14.4 Å². The van der Waals surface area contributed by atoms with Crippen LogP contribution in [0, 0.1) is 33.6 Å². The molecule has 1 fully saturated rings. The summed E-state index contributed by atoms with van der Waals surface area (Å²) in [5.74, 6) is -1.72. The zero-order valence-corrected chi connectivity index (χ0v) is 21.5. The molecular formula is C24H36N2O7S. The second-order valence-electron chi connectivity index (χ2n) is 8.63. The molecule has 1 heterocycles. The topological polar surface area (TPSA) is 119 Å². The average Bonchev–Trinajstić information content (AvgIpc) is 2.79. The van der Waals surface area contributed by atoms with E-state index in [1.807, 2.05) is 33.8 Å². The van der Waals surface area contributed by atoms with E-state index in [9.17, 15) is 22.8 Å². The summed E-state index contributed by atoms with van der Waals surface area (Å²) in [5, 5.41) is 2.59. The Morgan fingerprint density at radius 3 is 2.18 bits per heavy atom. The maximum atomic E-state index is 13.4. The third-order valence-electron chi connectivity index (χ3n) is 6.21. The molecule has 2 rings (SSSR count). The predicted molar refractivity (Wildman–Crippen MR) is 127 cm³/mol. The number of carbonyl (C=O) groups excluding carboxylic acids is 3. The van der Waals surface area contributed by atoms with Crippen LogP contribution >= 0.6 is 0 Å². The highest BCUT2D eigenvalue weighted by atomic mass is 32.2. The summed E-state index contributed by atoms with van der Waals surface area (Å²) >= 11 is 0. The number of rotatable bonds is 10. The van der Waals surface area contributed by atoms with E-state index in [1.54, 1.807) is 6.92 Å². The molecule has 1 aliphatic heterocycles. The first kappa shape index (κ1) is 27.8. The Morgan fingerprint density at radius 2 is 1.62 bits per heavy atom. The van der Waals surface area contributed by atoms with Crippen molar-refractivity contribution < 1.29 is 32.3 Å². The van der Waals surface area contributed by atoms with Gasteiger partial charge in [0.05, 0.1) is 17.4 Å². The van der Waals surface area contributed by atoms with Crippen LogP contribution in [0.3, 0.4) is 0 Å². The molecule has 0 saturated carbocycles. The molecule has 1 N–H and O–H groups in total. The van der Waals surface area contributed by atoms with Gasteiger partial charge in [-0.15, -0.1) is 0 Å². The summed E-state index contributed by atoms with van der Waals surface area (Å²) in [6.07, 6.45) is 1.31. The molecule has 1 saturated heterocycles. The lowest BCUT2D eigenvalue weighted by Gasteiger charge is -2.31. The molecule has 9 nitrogen and oxygen atoms in total. The Bertz CT molecular complexity index is 986. The summed E-state index contributed by atoms with van der Waals surface area (Å²) in [5.41, 5.74) is 3.36. The monoisotopic (exact) mass is 496 g/mol. The second-order valence-corrected chi connectivity index (χ2v) is 10.5. The number of hydrogen-bond acceptors (Lipinski definition) is 7. The molecule has 0 aliphatic carbocycles. The molecule has 190 valence electrons. The second kappa shape index (κ2) is 12.3. The Labute approximate surface area is 202 Å². The lowest BCUT2D eigenvalue weighted by atomic mass is 9.98. The van der Waals surface area contributed by atoms with E-state index in [-0.39, 0.29) is 32.0 Å². The number of amides is 1. The lowest BCUT2D eigenvalue weighted by Crippen LogP contribution is -2.41. The molecule has 1 aromatic carbocycles. The number of hydrogen-bond donors (Lipinski definition) is 1. The molecular weight excluding hydrogens is 460 g/mol. The van der Waals surface area contributed by atoms with Crippen molar-refractivity contribution in [2.75, 3.05) is 32.8 Å². The van der Waals surface area contributed by atoms with Gasteiger partial charge in [-0.25, -0.2) is 8.42 Å². The number of piperidine rings is 1. The van der Waals surface area contributed by atoms with E-state index in [1.165, 1.54) is 4.31 Å². The first-order chi connectivity index (χ1) is 16.0. The summed E-state index contributed by atoms with van der Waals surface area (Å²) in [6, 6.07) is 1.99. The third-order valence-corrected chi connectivity index (χ3v) is 8.39. The summed E-state index contributed by atoms with van der Waals surface area (Å²) in [6.45, 7) is 9.80. The maximum absolute atomic E-state index is 13.4. The van der Waals surface area contributed by atoms with Crippen molar-refractivity contribution in [3.05, 3.63) is 28.3 Å². The van der Waals surface area contributed by atoms with Gasteiger partial charge >= 0.3 is 11.9 Å². The van der Waals surface area contributed by atoms with E-state index >= 15 is 0 Å². The van der Waals surface area contributed by atoms with Gasteiger partial charge in [-0.2, -0.15) is 4.31 Å². The molecule has 0 radical (unpaired) electrons. The van der Waals surface area contributed by atoms with Crippen molar-refractivity contribution in [1.29, 1.82) is 0 Å². The minimum atomic E-state index is -3.68. The van der Waals surface area contributed by atoms with Gasteiger partial charge in [0.2, 0.25) is 10.0 Å². The van der Waals surface area contributed by atoms with Gasteiger partial charge in [-0.1, -0.05) is 6.07 Å². The molecule has 34 heavy (non-hydrogen) atoms. The van der Waals surface area contributed by atoms with Crippen molar-refractivity contribution in [2.24, 2.45) is 5.92 Å². The zero-order chi connectivity index (χ0) is 25.5. The Kier molecular flexibility index (Phi) is 10.1. The van der Waals surface area contributed by atoms with E-state index in [0.29, 0.717) is 30.8 Å². The van der Waals surface area contributed by atoms with Crippen LogP contribution in [0.2, 0.25) is 0 Å². The van der Waals surface area contributed by atoms with Crippen LogP contribution in [0.5, 0.6) is 0 Å². The highest BCUT2D eigenvalue weighted by Gasteiger charge is 2.35. The number of nitrogens with zero attached hydrogens (tertiary/aromatic N) is 1. The summed E-state index contributed by atoms with van der Waals surface area (Å²) < 4.78 is 38.1. The van der Waals surface area contributed by atoms with Gasteiger partial charge in [0.15, 0.2) is 6.61 Å². The van der Waals surface area contributed by atoms with Crippen molar-refractivity contribution in [3.8, 4) is 0 Å².